The Balaban J connectivity index is 2.85. The number of nitrogens with zero attached hydrogens (tertiary/aromatic N) is 1. The largest absolute Gasteiger partial charge is 0.332 e. The van der Waals surface area contributed by atoms with Gasteiger partial charge in [0.1, 0.15) is 0 Å². The van der Waals surface area contributed by atoms with Gasteiger partial charge in [-0.1, -0.05) is 22.9 Å². The van der Waals surface area contributed by atoms with Crippen LogP contribution in [0.1, 0.15) is 13.3 Å². The topological polar surface area (TPSA) is 37.8 Å². The second-order valence-electron chi connectivity index (χ2n) is 3.58. The third-order valence-corrected chi connectivity index (χ3v) is 3.21. The highest BCUT2D eigenvalue weighted by atomic mass is 79.9. The first-order valence-corrected chi connectivity index (χ1v) is 6.26. The molecule has 1 N–H and O–H groups in total. The second-order valence-corrected chi connectivity index (χ2v) is 4.88. The molecule has 16 heavy (non-hydrogen) atoms. The maximum Gasteiger partial charge on any atom is 0.262 e. The number of nitrogens with one attached hydrogen (secondary N) is 1. The van der Waals surface area contributed by atoms with Gasteiger partial charge in [0.05, 0.1) is 10.9 Å². The van der Waals surface area contributed by atoms with Crippen LogP contribution in [0.25, 0.3) is 10.9 Å². The number of halogens is 1. The zero-order valence-electron chi connectivity index (χ0n) is 8.79. The molecule has 0 unspecified atom stereocenters. The van der Waals surface area contributed by atoms with E-state index in [1.807, 2.05) is 25.1 Å². The average Bonchev–Trinajstić information content (AvgIpc) is 2.26. The number of aromatic amines is 1. The molecule has 0 saturated carbocycles. The summed E-state index contributed by atoms with van der Waals surface area (Å²) in [6.07, 6.45) is 0.886. The molecular weight excluding hydrogens is 288 g/mol. The molecule has 5 heteroatoms. The maximum atomic E-state index is 12.1. The smallest absolute Gasteiger partial charge is 0.262 e. The Morgan fingerprint density at radius 1 is 1.50 bits per heavy atom. The van der Waals surface area contributed by atoms with Crippen molar-refractivity contribution < 1.29 is 0 Å². The molecule has 1 heterocycles. The van der Waals surface area contributed by atoms with Gasteiger partial charge in [0.2, 0.25) is 0 Å². The molecule has 0 radical (unpaired) electrons. The van der Waals surface area contributed by atoms with Crippen LogP contribution in [0.3, 0.4) is 0 Å². The van der Waals surface area contributed by atoms with Crippen LogP contribution in [0.2, 0.25) is 0 Å². The van der Waals surface area contributed by atoms with Gasteiger partial charge in [0, 0.05) is 11.0 Å². The fourth-order valence-corrected chi connectivity index (χ4v) is 2.29. The summed E-state index contributed by atoms with van der Waals surface area (Å²) in [5.74, 6) is 0. The van der Waals surface area contributed by atoms with Crippen LogP contribution >= 0.6 is 28.1 Å². The highest BCUT2D eigenvalue weighted by molar-refractivity contribution is 9.10. The van der Waals surface area contributed by atoms with Crippen LogP contribution in [0.4, 0.5) is 0 Å². The number of hydrogen-bond donors (Lipinski definition) is 1. The number of H-pyrrole nitrogens is 1. The van der Waals surface area contributed by atoms with Crippen molar-refractivity contribution in [2.45, 2.75) is 19.9 Å². The van der Waals surface area contributed by atoms with Crippen LogP contribution < -0.4 is 5.56 Å². The molecule has 0 aliphatic rings. The zero-order valence-corrected chi connectivity index (χ0v) is 11.2. The van der Waals surface area contributed by atoms with Crippen LogP contribution in [-0.2, 0) is 6.54 Å². The van der Waals surface area contributed by atoms with E-state index in [0.29, 0.717) is 16.7 Å². The fourth-order valence-electron chi connectivity index (χ4n) is 1.65. The molecule has 0 amide bonds. The number of rotatable bonds is 2. The molecule has 0 saturated heterocycles. The lowest BCUT2D eigenvalue weighted by molar-refractivity contribution is 0.638. The molecule has 0 spiro atoms. The van der Waals surface area contributed by atoms with Crippen molar-refractivity contribution in [1.82, 2.24) is 9.55 Å². The monoisotopic (exact) mass is 298 g/mol. The number of aromatic nitrogens is 2. The predicted molar refractivity (Wildman–Crippen MR) is 71.4 cm³/mol. The first-order chi connectivity index (χ1) is 7.63. The minimum absolute atomic E-state index is 0.0260. The Morgan fingerprint density at radius 3 is 2.94 bits per heavy atom. The summed E-state index contributed by atoms with van der Waals surface area (Å²) in [6.45, 7) is 2.67. The third-order valence-electron chi connectivity index (χ3n) is 2.39. The molecule has 84 valence electrons. The third kappa shape index (κ3) is 1.97. The SMILES string of the molecule is CCCn1c(=S)[nH]c2ccc(Br)cc2c1=O. The lowest BCUT2D eigenvalue weighted by atomic mass is 10.2. The molecule has 0 bridgehead atoms. The van der Waals surface area contributed by atoms with E-state index in [0.717, 1.165) is 16.4 Å². The lowest BCUT2D eigenvalue weighted by Gasteiger charge is -2.06. The van der Waals surface area contributed by atoms with Gasteiger partial charge in [0.15, 0.2) is 4.77 Å². The number of hydrogen-bond acceptors (Lipinski definition) is 2. The molecular formula is C11H11BrN2OS. The minimum atomic E-state index is -0.0260. The molecule has 0 aliphatic carbocycles. The van der Waals surface area contributed by atoms with Crippen LogP contribution in [-0.4, -0.2) is 9.55 Å². The van der Waals surface area contributed by atoms with Crippen molar-refractivity contribution in [2.75, 3.05) is 0 Å². The van der Waals surface area contributed by atoms with Crippen molar-refractivity contribution >= 4 is 39.1 Å². The highest BCUT2D eigenvalue weighted by Crippen LogP contribution is 2.15. The second kappa shape index (κ2) is 4.51. The lowest BCUT2D eigenvalue weighted by Crippen LogP contribution is -2.22. The fraction of sp³-hybridized carbons (Fsp3) is 0.273. The Labute approximate surface area is 106 Å². The van der Waals surface area contributed by atoms with E-state index in [4.69, 9.17) is 12.2 Å². The van der Waals surface area contributed by atoms with Gasteiger partial charge in [-0.15, -0.1) is 0 Å². The summed E-state index contributed by atoms with van der Waals surface area (Å²) >= 11 is 8.52. The van der Waals surface area contributed by atoms with Gasteiger partial charge in [-0.2, -0.15) is 0 Å². The van der Waals surface area contributed by atoms with Crippen molar-refractivity contribution in [3.63, 3.8) is 0 Å². The Hall–Kier alpha value is -0.940. The van der Waals surface area contributed by atoms with Gasteiger partial charge in [-0.05, 0) is 36.8 Å². The van der Waals surface area contributed by atoms with Crippen molar-refractivity contribution in [3.8, 4) is 0 Å². The minimum Gasteiger partial charge on any atom is -0.332 e. The summed E-state index contributed by atoms with van der Waals surface area (Å²) in [6, 6.07) is 5.55. The summed E-state index contributed by atoms with van der Waals surface area (Å²) in [4.78, 5) is 15.2. The normalized spacial score (nSPS) is 10.9. The van der Waals surface area contributed by atoms with E-state index >= 15 is 0 Å². The molecule has 2 aromatic rings. The van der Waals surface area contributed by atoms with Gasteiger partial charge >= 0.3 is 0 Å². The quantitative estimate of drug-likeness (QED) is 0.865. The van der Waals surface area contributed by atoms with E-state index in [9.17, 15) is 4.79 Å². The number of benzene rings is 1. The summed E-state index contributed by atoms with van der Waals surface area (Å²) in [5.41, 5.74) is 0.757. The van der Waals surface area contributed by atoms with E-state index in [-0.39, 0.29) is 5.56 Å². The van der Waals surface area contributed by atoms with E-state index in [1.54, 1.807) is 4.57 Å². The average molecular weight is 299 g/mol. The van der Waals surface area contributed by atoms with Crippen LogP contribution in [0.15, 0.2) is 27.5 Å². The summed E-state index contributed by atoms with van der Waals surface area (Å²) < 4.78 is 2.98. The van der Waals surface area contributed by atoms with Crippen molar-refractivity contribution in [3.05, 3.63) is 37.8 Å². The van der Waals surface area contributed by atoms with Gasteiger partial charge < -0.3 is 4.98 Å². The van der Waals surface area contributed by atoms with Gasteiger partial charge in [-0.3, -0.25) is 9.36 Å². The summed E-state index contributed by atoms with van der Waals surface area (Å²) in [5, 5.41) is 0.663. The van der Waals surface area contributed by atoms with Crippen molar-refractivity contribution in [1.29, 1.82) is 0 Å². The van der Waals surface area contributed by atoms with Crippen LogP contribution in [0.5, 0.6) is 0 Å². The number of fused-ring (bicyclic) bond motifs is 1. The molecule has 1 aromatic heterocycles. The first-order valence-electron chi connectivity index (χ1n) is 5.06. The molecule has 0 aliphatic heterocycles. The highest BCUT2D eigenvalue weighted by Gasteiger charge is 2.04. The molecule has 2 rings (SSSR count). The molecule has 3 nitrogen and oxygen atoms in total. The Morgan fingerprint density at radius 2 is 2.25 bits per heavy atom. The molecule has 0 fully saturated rings. The first kappa shape index (κ1) is 11.5. The van der Waals surface area contributed by atoms with Crippen LogP contribution in [0, 0.1) is 4.77 Å². The Bertz CT molecular complexity index is 644. The molecule has 1 aromatic carbocycles. The standard InChI is InChI=1S/C11H11BrN2OS/c1-2-5-14-10(15)8-6-7(12)3-4-9(8)13-11(14)16/h3-4,6H,2,5H2,1H3,(H,13,16). The van der Waals surface area contributed by atoms with Gasteiger partial charge in [-0.25, -0.2) is 0 Å². The van der Waals surface area contributed by atoms with E-state index in [2.05, 4.69) is 20.9 Å². The Kier molecular flexibility index (Phi) is 3.25. The van der Waals surface area contributed by atoms with Gasteiger partial charge in [0.25, 0.3) is 5.56 Å². The van der Waals surface area contributed by atoms with E-state index < -0.39 is 0 Å². The maximum absolute atomic E-state index is 12.1. The molecule has 0 atom stereocenters. The summed E-state index contributed by atoms with van der Waals surface area (Å²) in [7, 11) is 0. The van der Waals surface area contributed by atoms with Crippen molar-refractivity contribution in [2.24, 2.45) is 0 Å². The van der Waals surface area contributed by atoms with E-state index in [1.165, 1.54) is 0 Å². The zero-order chi connectivity index (χ0) is 11.7. The predicted octanol–water partition coefficient (Wildman–Crippen LogP) is 3.23.